The molecule has 2 aromatic carbocycles. The molecule has 22 heavy (non-hydrogen) atoms. The number of rotatable bonds is 6. The summed E-state index contributed by atoms with van der Waals surface area (Å²) in [5.74, 6) is 1.84. The Hall–Kier alpha value is -2.33. The molecule has 0 radical (unpaired) electrons. The van der Waals surface area contributed by atoms with Crippen LogP contribution in [0.25, 0.3) is 11.0 Å². The molecule has 0 amide bonds. The molecule has 0 fully saturated rings. The molecule has 0 spiro atoms. The molecule has 1 atom stereocenters. The summed E-state index contributed by atoms with van der Waals surface area (Å²) in [6, 6.07) is 16.7. The third-order valence-corrected chi connectivity index (χ3v) is 3.85. The number of hydrogen-bond acceptors (Lipinski definition) is 3. The monoisotopic (exact) mass is 295 g/mol. The minimum atomic E-state index is 0.339. The summed E-state index contributed by atoms with van der Waals surface area (Å²) in [5, 5.41) is 3.53. The van der Waals surface area contributed by atoms with Crippen molar-refractivity contribution in [3.8, 4) is 5.75 Å². The number of benzene rings is 2. The fourth-order valence-electron chi connectivity index (χ4n) is 2.55. The Morgan fingerprint density at radius 2 is 2.00 bits per heavy atom. The standard InChI is InChI=1S/C18H21N3O/c1-13(14-6-4-3-5-7-14)19-11-10-18-20-16-9-8-15(22-2)12-17(16)21-18/h3-9,12-13,19H,10-11H2,1-2H3,(H,20,21). The zero-order valence-electron chi connectivity index (χ0n) is 13.0. The van der Waals surface area contributed by atoms with Gasteiger partial charge in [-0.3, -0.25) is 0 Å². The molecule has 0 bridgehead atoms. The first-order valence-corrected chi connectivity index (χ1v) is 7.57. The summed E-state index contributed by atoms with van der Waals surface area (Å²) in [5.41, 5.74) is 3.30. The summed E-state index contributed by atoms with van der Waals surface area (Å²) in [6.07, 6.45) is 0.869. The van der Waals surface area contributed by atoms with Gasteiger partial charge in [0.2, 0.25) is 0 Å². The van der Waals surface area contributed by atoms with Crippen molar-refractivity contribution in [1.82, 2.24) is 15.3 Å². The molecule has 0 saturated carbocycles. The Morgan fingerprint density at radius 1 is 1.18 bits per heavy atom. The normalized spacial score (nSPS) is 12.5. The number of ether oxygens (including phenoxy) is 1. The van der Waals surface area contributed by atoms with E-state index in [-0.39, 0.29) is 0 Å². The first-order valence-electron chi connectivity index (χ1n) is 7.57. The van der Waals surface area contributed by atoms with Crippen molar-refractivity contribution in [3.05, 3.63) is 59.9 Å². The predicted molar refractivity (Wildman–Crippen MR) is 89.2 cm³/mol. The third-order valence-electron chi connectivity index (χ3n) is 3.85. The van der Waals surface area contributed by atoms with E-state index < -0.39 is 0 Å². The van der Waals surface area contributed by atoms with Crippen LogP contribution in [0, 0.1) is 0 Å². The lowest BCUT2D eigenvalue weighted by atomic mass is 10.1. The molecule has 3 rings (SSSR count). The number of nitrogens with one attached hydrogen (secondary N) is 2. The van der Waals surface area contributed by atoms with E-state index >= 15 is 0 Å². The fraction of sp³-hybridized carbons (Fsp3) is 0.278. The number of imidazole rings is 1. The van der Waals surface area contributed by atoms with Crippen molar-refractivity contribution in [1.29, 1.82) is 0 Å². The molecule has 0 aliphatic heterocycles. The number of aromatic nitrogens is 2. The average Bonchev–Trinajstić information content (AvgIpc) is 2.97. The Labute approximate surface area is 130 Å². The van der Waals surface area contributed by atoms with Gasteiger partial charge >= 0.3 is 0 Å². The zero-order chi connectivity index (χ0) is 15.4. The van der Waals surface area contributed by atoms with Gasteiger partial charge in [0, 0.05) is 25.1 Å². The summed E-state index contributed by atoms with van der Waals surface area (Å²) >= 11 is 0. The van der Waals surface area contributed by atoms with Gasteiger partial charge in [0.05, 0.1) is 18.1 Å². The van der Waals surface area contributed by atoms with Crippen LogP contribution in [-0.2, 0) is 6.42 Å². The lowest BCUT2D eigenvalue weighted by Crippen LogP contribution is -2.21. The van der Waals surface area contributed by atoms with Crippen molar-refractivity contribution in [2.75, 3.05) is 13.7 Å². The Balaban J connectivity index is 1.59. The maximum atomic E-state index is 5.23. The SMILES string of the molecule is COc1ccc2nc(CCNC(C)c3ccccc3)[nH]c2c1. The number of aromatic amines is 1. The van der Waals surface area contributed by atoms with E-state index in [1.54, 1.807) is 7.11 Å². The molecule has 0 saturated heterocycles. The molecule has 4 nitrogen and oxygen atoms in total. The zero-order valence-corrected chi connectivity index (χ0v) is 13.0. The van der Waals surface area contributed by atoms with Crippen LogP contribution in [0.2, 0.25) is 0 Å². The van der Waals surface area contributed by atoms with Crippen molar-refractivity contribution in [2.45, 2.75) is 19.4 Å². The molecular weight excluding hydrogens is 274 g/mol. The van der Waals surface area contributed by atoms with Gasteiger partial charge in [0.15, 0.2) is 0 Å². The predicted octanol–water partition coefficient (Wildman–Crippen LogP) is 3.46. The van der Waals surface area contributed by atoms with Gasteiger partial charge in [0.1, 0.15) is 11.6 Å². The average molecular weight is 295 g/mol. The summed E-state index contributed by atoms with van der Waals surface area (Å²) in [6.45, 7) is 3.06. The van der Waals surface area contributed by atoms with Crippen molar-refractivity contribution < 1.29 is 4.74 Å². The smallest absolute Gasteiger partial charge is 0.121 e. The topological polar surface area (TPSA) is 49.9 Å². The van der Waals surface area contributed by atoms with Gasteiger partial charge in [0.25, 0.3) is 0 Å². The molecule has 1 aromatic heterocycles. The second kappa shape index (κ2) is 6.62. The highest BCUT2D eigenvalue weighted by molar-refractivity contribution is 5.76. The van der Waals surface area contributed by atoms with E-state index in [0.29, 0.717) is 6.04 Å². The lowest BCUT2D eigenvalue weighted by Gasteiger charge is -2.13. The second-order valence-corrected chi connectivity index (χ2v) is 5.40. The maximum Gasteiger partial charge on any atom is 0.121 e. The molecule has 4 heteroatoms. The second-order valence-electron chi connectivity index (χ2n) is 5.40. The molecule has 0 aliphatic carbocycles. The Bertz CT molecular complexity index is 736. The van der Waals surface area contributed by atoms with E-state index in [2.05, 4.69) is 46.5 Å². The highest BCUT2D eigenvalue weighted by atomic mass is 16.5. The molecule has 1 heterocycles. The van der Waals surface area contributed by atoms with Gasteiger partial charge in [-0.2, -0.15) is 0 Å². The molecule has 3 aromatic rings. The minimum Gasteiger partial charge on any atom is -0.497 e. The number of nitrogens with zero attached hydrogens (tertiary/aromatic N) is 1. The first-order chi connectivity index (χ1) is 10.8. The van der Waals surface area contributed by atoms with Crippen molar-refractivity contribution >= 4 is 11.0 Å². The quantitative estimate of drug-likeness (QED) is 0.732. The van der Waals surface area contributed by atoms with Crippen LogP contribution in [0.1, 0.15) is 24.4 Å². The van der Waals surface area contributed by atoms with Crippen LogP contribution in [0.15, 0.2) is 48.5 Å². The van der Waals surface area contributed by atoms with E-state index in [0.717, 1.165) is 35.6 Å². The fourth-order valence-corrected chi connectivity index (χ4v) is 2.55. The van der Waals surface area contributed by atoms with E-state index in [1.165, 1.54) is 5.56 Å². The molecule has 114 valence electrons. The molecular formula is C18H21N3O. The first kappa shape index (κ1) is 14.6. The molecule has 2 N–H and O–H groups in total. The highest BCUT2D eigenvalue weighted by Crippen LogP contribution is 2.19. The van der Waals surface area contributed by atoms with Crippen LogP contribution in [-0.4, -0.2) is 23.6 Å². The maximum absolute atomic E-state index is 5.23. The minimum absolute atomic E-state index is 0.339. The van der Waals surface area contributed by atoms with E-state index in [9.17, 15) is 0 Å². The largest absolute Gasteiger partial charge is 0.497 e. The van der Waals surface area contributed by atoms with Crippen molar-refractivity contribution in [3.63, 3.8) is 0 Å². The van der Waals surface area contributed by atoms with Gasteiger partial charge < -0.3 is 15.0 Å². The lowest BCUT2D eigenvalue weighted by molar-refractivity contribution is 0.415. The number of methoxy groups -OCH3 is 1. The summed E-state index contributed by atoms with van der Waals surface area (Å²) in [4.78, 5) is 7.96. The number of H-pyrrole nitrogens is 1. The van der Waals surface area contributed by atoms with Gasteiger partial charge in [-0.1, -0.05) is 30.3 Å². The third kappa shape index (κ3) is 3.28. The van der Waals surface area contributed by atoms with E-state index in [1.807, 2.05) is 24.3 Å². The summed E-state index contributed by atoms with van der Waals surface area (Å²) < 4.78 is 5.23. The Morgan fingerprint density at radius 3 is 2.77 bits per heavy atom. The number of hydrogen-bond donors (Lipinski definition) is 2. The Kier molecular flexibility index (Phi) is 4.39. The van der Waals surface area contributed by atoms with Crippen molar-refractivity contribution in [2.24, 2.45) is 0 Å². The van der Waals surface area contributed by atoms with E-state index in [4.69, 9.17) is 4.74 Å². The van der Waals surface area contributed by atoms with Gasteiger partial charge in [-0.05, 0) is 24.6 Å². The van der Waals surface area contributed by atoms with Crippen LogP contribution >= 0.6 is 0 Å². The van der Waals surface area contributed by atoms with Crippen LogP contribution in [0.5, 0.6) is 5.75 Å². The van der Waals surface area contributed by atoms with Crippen LogP contribution in [0.4, 0.5) is 0 Å². The molecule has 1 unspecified atom stereocenters. The summed E-state index contributed by atoms with van der Waals surface area (Å²) in [7, 11) is 1.67. The van der Waals surface area contributed by atoms with Gasteiger partial charge in [-0.25, -0.2) is 4.98 Å². The van der Waals surface area contributed by atoms with Crippen LogP contribution < -0.4 is 10.1 Å². The van der Waals surface area contributed by atoms with Crippen LogP contribution in [0.3, 0.4) is 0 Å². The number of fused-ring (bicyclic) bond motifs is 1. The molecule has 0 aliphatic rings. The highest BCUT2D eigenvalue weighted by Gasteiger charge is 2.06. The van der Waals surface area contributed by atoms with Gasteiger partial charge in [-0.15, -0.1) is 0 Å².